The number of carbonyl (C=O) groups is 1. The molecule has 3 nitrogen and oxygen atoms in total. The van der Waals surface area contributed by atoms with Crippen molar-refractivity contribution >= 4 is 12.2 Å². The van der Waals surface area contributed by atoms with E-state index in [1.807, 2.05) is 0 Å². The maximum atomic E-state index is 11.9. The Hall–Kier alpha value is -1.72. The van der Waals surface area contributed by atoms with E-state index in [0.29, 0.717) is 16.8 Å². The molecule has 0 atom stereocenters. The SMILES string of the molecule is Nc1c2cc(C(F)(F)F)cc1-2.O=CO. The van der Waals surface area contributed by atoms with E-state index in [9.17, 15) is 13.2 Å². The van der Waals surface area contributed by atoms with Gasteiger partial charge in [-0.05, 0) is 12.1 Å². The van der Waals surface area contributed by atoms with Gasteiger partial charge in [0, 0.05) is 16.8 Å². The van der Waals surface area contributed by atoms with Gasteiger partial charge in [0.25, 0.3) is 6.47 Å². The Bertz CT molecular complexity index is 350. The molecule has 0 amide bonds. The summed E-state index contributed by atoms with van der Waals surface area (Å²) >= 11 is 0. The highest BCUT2D eigenvalue weighted by molar-refractivity contribution is 6.04. The normalized spacial score (nSPS) is 11.4. The summed E-state index contributed by atoms with van der Waals surface area (Å²) in [6.45, 7) is -0.250. The minimum Gasteiger partial charge on any atom is -0.483 e. The summed E-state index contributed by atoms with van der Waals surface area (Å²) in [6, 6.07) is 2.15. The molecule has 2 aliphatic rings. The molecule has 14 heavy (non-hydrogen) atoms. The number of nitrogens with two attached hydrogens (primary N) is 1. The highest BCUT2D eigenvalue weighted by Crippen LogP contribution is 2.50. The molecule has 0 aromatic heterocycles. The van der Waals surface area contributed by atoms with E-state index >= 15 is 0 Å². The topological polar surface area (TPSA) is 63.3 Å². The molecule has 2 aliphatic carbocycles. The molecule has 0 bridgehead atoms. The van der Waals surface area contributed by atoms with Crippen LogP contribution >= 0.6 is 0 Å². The summed E-state index contributed by atoms with van der Waals surface area (Å²) in [5.74, 6) is 0. The molecule has 0 fully saturated rings. The van der Waals surface area contributed by atoms with Gasteiger partial charge < -0.3 is 10.8 Å². The summed E-state index contributed by atoms with van der Waals surface area (Å²) in [5.41, 5.74) is 6.28. The third kappa shape index (κ3) is 1.78. The van der Waals surface area contributed by atoms with Gasteiger partial charge in [-0.2, -0.15) is 13.2 Å². The van der Waals surface area contributed by atoms with Gasteiger partial charge in [-0.3, -0.25) is 4.79 Å². The number of nitrogen functional groups attached to an aromatic ring is 1. The van der Waals surface area contributed by atoms with Gasteiger partial charge in [-0.15, -0.1) is 0 Å². The first-order valence-electron chi connectivity index (χ1n) is 3.50. The van der Waals surface area contributed by atoms with E-state index in [2.05, 4.69) is 0 Å². The summed E-state index contributed by atoms with van der Waals surface area (Å²) < 4.78 is 35.7. The largest absolute Gasteiger partial charge is 0.483 e. The molecule has 0 aliphatic heterocycles. The van der Waals surface area contributed by atoms with Crippen molar-refractivity contribution in [2.75, 3.05) is 5.73 Å². The van der Waals surface area contributed by atoms with Gasteiger partial charge in [-0.1, -0.05) is 0 Å². The second-order valence-corrected chi connectivity index (χ2v) is 2.59. The van der Waals surface area contributed by atoms with Crippen molar-refractivity contribution in [3.8, 4) is 11.1 Å². The Labute approximate surface area is 77.0 Å². The average Bonchev–Trinajstić information content (AvgIpc) is 2.50. The molecule has 0 heterocycles. The predicted octanol–water partition coefficient (Wildman–Crippen LogP) is 1.97. The highest BCUT2D eigenvalue weighted by atomic mass is 19.4. The molecule has 0 spiro atoms. The maximum absolute atomic E-state index is 11.9. The van der Waals surface area contributed by atoms with Crippen LogP contribution in [0.25, 0.3) is 11.1 Å². The highest BCUT2D eigenvalue weighted by Gasteiger charge is 2.36. The number of anilines is 1. The van der Waals surface area contributed by atoms with Gasteiger partial charge in [0.2, 0.25) is 0 Å². The number of hydrogen-bond acceptors (Lipinski definition) is 2. The van der Waals surface area contributed by atoms with E-state index in [-0.39, 0.29) is 6.47 Å². The predicted molar refractivity (Wildman–Crippen MR) is 43.5 cm³/mol. The van der Waals surface area contributed by atoms with Gasteiger partial charge in [-0.25, -0.2) is 0 Å². The first kappa shape index (κ1) is 10.4. The van der Waals surface area contributed by atoms with Crippen LogP contribution in [0.1, 0.15) is 5.56 Å². The zero-order valence-corrected chi connectivity index (χ0v) is 6.80. The molecule has 0 aromatic rings. The van der Waals surface area contributed by atoms with E-state index < -0.39 is 11.7 Å². The molecule has 0 saturated heterocycles. The Balaban J connectivity index is 0.000000293. The van der Waals surface area contributed by atoms with E-state index in [0.717, 1.165) is 12.1 Å². The van der Waals surface area contributed by atoms with E-state index in [1.165, 1.54) is 0 Å². The smallest absolute Gasteiger partial charge is 0.416 e. The number of halogens is 3. The number of fused-ring (bicyclic) bond motifs is 1. The molecular formula is C8H6F3NO2. The minimum atomic E-state index is -4.23. The Kier molecular flexibility index (Phi) is 2.37. The molecule has 0 radical (unpaired) electrons. The lowest BCUT2D eigenvalue weighted by Crippen LogP contribution is -2.02. The van der Waals surface area contributed by atoms with Crippen molar-refractivity contribution < 1.29 is 23.1 Å². The lowest BCUT2D eigenvalue weighted by molar-refractivity contribution is -0.137. The third-order valence-electron chi connectivity index (χ3n) is 1.74. The molecule has 6 heteroatoms. The Morgan fingerprint density at radius 3 is 1.93 bits per heavy atom. The van der Waals surface area contributed by atoms with Gasteiger partial charge in [0.15, 0.2) is 0 Å². The maximum Gasteiger partial charge on any atom is 0.416 e. The minimum absolute atomic E-state index is 0.250. The Morgan fingerprint density at radius 1 is 1.29 bits per heavy atom. The third-order valence-corrected chi connectivity index (χ3v) is 1.74. The lowest BCUT2D eigenvalue weighted by Gasteiger charge is -2.01. The van der Waals surface area contributed by atoms with Crippen LogP contribution in [0.4, 0.5) is 18.9 Å². The summed E-state index contributed by atoms with van der Waals surface area (Å²) in [7, 11) is 0. The van der Waals surface area contributed by atoms with Crippen molar-refractivity contribution in [1.82, 2.24) is 0 Å². The van der Waals surface area contributed by atoms with Crippen molar-refractivity contribution in [2.45, 2.75) is 6.18 Å². The number of rotatable bonds is 0. The van der Waals surface area contributed by atoms with Gasteiger partial charge in [0.1, 0.15) is 0 Å². The lowest BCUT2D eigenvalue weighted by atomic mass is 10.3. The molecule has 0 aromatic carbocycles. The van der Waals surface area contributed by atoms with Crippen LogP contribution in [0.3, 0.4) is 0 Å². The summed E-state index contributed by atoms with van der Waals surface area (Å²) in [4.78, 5) is 8.36. The number of carboxylic acid groups (broad SMARTS) is 1. The number of hydrogen-bond donors (Lipinski definition) is 2. The van der Waals surface area contributed by atoms with Crippen LogP contribution in [0, 0.1) is 0 Å². The molecule has 3 N–H and O–H groups in total. The van der Waals surface area contributed by atoms with Crippen LogP contribution in [0.2, 0.25) is 0 Å². The van der Waals surface area contributed by atoms with Crippen molar-refractivity contribution in [3.63, 3.8) is 0 Å². The average molecular weight is 205 g/mol. The van der Waals surface area contributed by atoms with Crippen LogP contribution in [-0.2, 0) is 11.0 Å². The fourth-order valence-electron chi connectivity index (χ4n) is 1.06. The van der Waals surface area contributed by atoms with Crippen LogP contribution < -0.4 is 5.73 Å². The first-order valence-corrected chi connectivity index (χ1v) is 3.50. The zero-order valence-electron chi connectivity index (χ0n) is 6.80. The molecule has 76 valence electrons. The van der Waals surface area contributed by atoms with Crippen molar-refractivity contribution in [3.05, 3.63) is 17.7 Å². The van der Waals surface area contributed by atoms with Crippen LogP contribution in [0.5, 0.6) is 0 Å². The van der Waals surface area contributed by atoms with Crippen LogP contribution in [0.15, 0.2) is 12.1 Å². The first-order chi connectivity index (χ1) is 6.41. The Morgan fingerprint density at radius 2 is 1.64 bits per heavy atom. The van der Waals surface area contributed by atoms with Crippen molar-refractivity contribution in [1.29, 1.82) is 0 Å². The number of benzene rings is 1. The second kappa shape index (κ2) is 3.21. The number of alkyl halides is 3. The molecular weight excluding hydrogens is 199 g/mol. The molecule has 2 rings (SSSR count). The summed E-state index contributed by atoms with van der Waals surface area (Å²) in [6.07, 6.45) is -4.23. The van der Waals surface area contributed by atoms with Gasteiger partial charge >= 0.3 is 6.18 Å². The monoisotopic (exact) mass is 205 g/mol. The quantitative estimate of drug-likeness (QED) is 0.510. The zero-order chi connectivity index (χ0) is 10.9. The fraction of sp³-hybridized carbons (Fsp3) is 0.125. The van der Waals surface area contributed by atoms with Crippen molar-refractivity contribution in [2.24, 2.45) is 0 Å². The molecule has 0 saturated carbocycles. The van der Waals surface area contributed by atoms with E-state index in [4.69, 9.17) is 15.6 Å². The summed E-state index contributed by atoms with van der Waals surface area (Å²) in [5, 5.41) is 6.89. The fourth-order valence-corrected chi connectivity index (χ4v) is 1.06. The standard InChI is InChI=1S/C7H4F3N.CH2O2/c8-7(9,10)3-1-4-5(2-3)6(4)11;2-1-3/h1-2H,11H2;1H,(H,2,3). The van der Waals surface area contributed by atoms with E-state index in [1.54, 1.807) is 0 Å². The van der Waals surface area contributed by atoms with Crippen LogP contribution in [-0.4, -0.2) is 11.6 Å². The molecule has 0 unspecified atom stereocenters. The second-order valence-electron chi connectivity index (χ2n) is 2.59. The van der Waals surface area contributed by atoms with Gasteiger partial charge in [0.05, 0.1) is 5.56 Å².